The number of hydrogen-bond donors (Lipinski definition) is 1. The topological polar surface area (TPSA) is 48.5 Å². The maximum atomic E-state index is 12.5. The first-order chi connectivity index (χ1) is 15.1. The van der Waals surface area contributed by atoms with Crippen LogP contribution in [0.15, 0.2) is 72.9 Å². The van der Waals surface area contributed by atoms with Crippen molar-refractivity contribution >= 4 is 11.6 Å². The third-order valence-corrected chi connectivity index (χ3v) is 5.89. The average molecular weight is 415 g/mol. The molecule has 0 radical (unpaired) electrons. The van der Waals surface area contributed by atoms with Gasteiger partial charge in [0.1, 0.15) is 0 Å². The molecule has 0 aliphatic carbocycles. The lowest BCUT2D eigenvalue weighted by Crippen LogP contribution is -2.44. The molecule has 1 N–H and O–H groups in total. The highest BCUT2D eigenvalue weighted by Crippen LogP contribution is 2.20. The number of pyridine rings is 1. The second-order valence-corrected chi connectivity index (χ2v) is 8.26. The van der Waals surface area contributed by atoms with E-state index >= 15 is 0 Å². The van der Waals surface area contributed by atoms with Crippen molar-refractivity contribution in [1.29, 1.82) is 0 Å². The molecule has 5 heteroatoms. The Hall–Kier alpha value is -3.18. The maximum absolute atomic E-state index is 12.5. The molecule has 1 saturated heterocycles. The zero-order valence-corrected chi connectivity index (χ0v) is 18.3. The Morgan fingerprint density at radius 2 is 1.61 bits per heavy atom. The minimum atomic E-state index is -0.127. The molecule has 1 aliphatic rings. The van der Waals surface area contributed by atoms with Crippen LogP contribution in [-0.4, -0.2) is 49.0 Å². The van der Waals surface area contributed by atoms with E-state index in [0.29, 0.717) is 6.42 Å². The van der Waals surface area contributed by atoms with Gasteiger partial charge >= 0.3 is 0 Å². The number of benzene rings is 2. The standard InChI is InChI=1S/C26H30N4O/c1-20(25-13-12-24(19-27-25)30-16-14-29(2)15-17-30)28-26(31)18-21-8-10-23(11-9-21)22-6-4-3-5-7-22/h3-13,19-20H,14-18H2,1-2H3,(H,28,31)/t20-/m1/s1. The molecule has 1 amide bonds. The smallest absolute Gasteiger partial charge is 0.224 e. The Kier molecular flexibility index (Phi) is 6.63. The molecule has 4 rings (SSSR count). The van der Waals surface area contributed by atoms with E-state index in [0.717, 1.165) is 48.7 Å². The summed E-state index contributed by atoms with van der Waals surface area (Å²) >= 11 is 0. The minimum Gasteiger partial charge on any atom is -0.368 e. The molecule has 2 heterocycles. The SMILES string of the molecule is C[C@@H](NC(=O)Cc1ccc(-c2ccccc2)cc1)c1ccc(N2CCN(C)CC2)cn1. The summed E-state index contributed by atoms with van der Waals surface area (Å²) in [6, 6.07) is 22.4. The predicted octanol–water partition coefficient (Wildman–Crippen LogP) is 3.92. The van der Waals surface area contributed by atoms with E-state index in [9.17, 15) is 4.79 Å². The monoisotopic (exact) mass is 414 g/mol. The number of nitrogens with zero attached hydrogens (tertiary/aromatic N) is 3. The van der Waals surface area contributed by atoms with Crippen LogP contribution in [0.2, 0.25) is 0 Å². The van der Waals surface area contributed by atoms with Gasteiger partial charge in [0, 0.05) is 26.2 Å². The normalized spacial score (nSPS) is 15.5. The predicted molar refractivity (Wildman–Crippen MR) is 126 cm³/mol. The fourth-order valence-electron chi connectivity index (χ4n) is 3.90. The number of anilines is 1. The lowest BCUT2D eigenvalue weighted by Gasteiger charge is -2.33. The van der Waals surface area contributed by atoms with Gasteiger partial charge < -0.3 is 15.1 Å². The highest BCUT2D eigenvalue weighted by molar-refractivity contribution is 5.79. The molecule has 1 atom stereocenters. The number of amides is 1. The second kappa shape index (κ2) is 9.75. The van der Waals surface area contributed by atoms with Gasteiger partial charge in [0.15, 0.2) is 0 Å². The van der Waals surface area contributed by atoms with Gasteiger partial charge in [0.05, 0.1) is 30.0 Å². The number of hydrogen-bond acceptors (Lipinski definition) is 4. The summed E-state index contributed by atoms with van der Waals surface area (Å²) in [5.74, 6) is 0.00454. The first kappa shape index (κ1) is 21.1. The average Bonchev–Trinajstić information content (AvgIpc) is 2.81. The minimum absolute atomic E-state index is 0.00454. The van der Waals surface area contributed by atoms with Crippen LogP contribution in [0.4, 0.5) is 5.69 Å². The van der Waals surface area contributed by atoms with Crippen molar-refractivity contribution < 1.29 is 4.79 Å². The molecule has 0 bridgehead atoms. The summed E-state index contributed by atoms with van der Waals surface area (Å²) in [6.45, 7) is 6.16. The number of carbonyl (C=O) groups is 1. The molecule has 5 nitrogen and oxygen atoms in total. The van der Waals surface area contributed by atoms with Crippen molar-refractivity contribution in [3.8, 4) is 11.1 Å². The fourth-order valence-corrected chi connectivity index (χ4v) is 3.90. The van der Waals surface area contributed by atoms with E-state index in [2.05, 4.69) is 57.5 Å². The van der Waals surface area contributed by atoms with Gasteiger partial charge in [-0.2, -0.15) is 0 Å². The number of aromatic nitrogens is 1. The lowest BCUT2D eigenvalue weighted by atomic mass is 10.0. The molecule has 0 unspecified atom stereocenters. The van der Waals surface area contributed by atoms with Crippen molar-refractivity contribution in [2.75, 3.05) is 38.1 Å². The van der Waals surface area contributed by atoms with Gasteiger partial charge in [-0.05, 0) is 42.8 Å². The highest BCUT2D eigenvalue weighted by Gasteiger charge is 2.16. The van der Waals surface area contributed by atoms with E-state index in [1.807, 2.05) is 49.5 Å². The van der Waals surface area contributed by atoms with Crippen LogP contribution in [0.5, 0.6) is 0 Å². The van der Waals surface area contributed by atoms with E-state index in [-0.39, 0.29) is 11.9 Å². The van der Waals surface area contributed by atoms with Crippen LogP contribution in [0.1, 0.15) is 24.2 Å². The molecule has 0 spiro atoms. The molecule has 0 saturated carbocycles. The van der Waals surface area contributed by atoms with Crippen molar-refractivity contribution in [3.63, 3.8) is 0 Å². The summed E-state index contributed by atoms with van der Waals surface area (Å²) in [7, 11) is 2.15. The molecule has 2 aromatic carbocycles. The van der Waals surface area contributed by atoms with E-state index in [4.69, 9.17) is 0 Å². The molecule has 1 fully saturated rings. The Labute approximate surface area is 184 Å². The van der Waals surface area contributed by atoms with Crippen molar-refractivity contribution in [3.05, 3.63) is 84.2 Å². The maximum Gasteiger partial charge on any atom is 0.224 e. The third-order valence-electron chi connectivity index (χ3n) is 5.89. The van der Waals surface area contributed by atoms with Crippen molar-refractivity contribution in [2.24, 2.45) is 0 Å². The Bertz CT molecular complexity index is 978. The summed E-state index contributed by atoms with van der Waals surface area (Å²) in [4.78, 5) is 21.9. The second-order valence-electron chi connectivity index (χ2n) is 8.26. The quantitative estimate of drug-likeness (QED) is 0.664. The zero-order valence-electron chi connectivity index (χ0n) is 18.3. The first-order valence-corrected chi connectivity index (χ1v) is 10.9. The van der Waals surface area contributed by atoms with Crippen LogP contribution in [0, 0.1) is 0 Å². The van der Waals surface area contributed by atoms with Crippen molar-refractivity contribution in [1.82, 2.24) is 15.2 Å². The Balaban J connectivity index is 1.31. The van der Waals surface area contributed by atoms with E-state index in [1.54, 1.807) is 0 Å². The third kappa shape index (κ3) is 5.50. The van der Waals surface area contributed by atoms with E-state index < -0.39 is 0 Å². The van der Waals surface area contributed by atoms with Gasteiger partial charge in [0.2, 0.25) is 5.91 Å². The van der Waals surface area contributed by atoms with Crippen molar-refractivity contribution in [2.45, 2.75) is 19.4 Å². The number of carbonyl (C=O) groups excluding carboxylic acids is 1. The van der Waals surface area contributed by atoms with Gasteiger partial charge in [-0.25, -0.2) is 0 Å². The van der Waals surface area contributed by atoms with Crippen LogP contribution < -0.4 is 10.2 Å². The first-order valence-electron chi connectivity index (χ1n) is 10.9. The van der Waals surface area contributed by atoms with Gasteiger partial charge in [-0.1, -0.05) is 54.6 Å². The molecular formula is C26H30N4O. The highest BCUT2D eigenvalue weighted by atomic mass is 16.1. The number of piperazine rings is 1. The summed E-state index contributed by atoms with van der Waals surface area (Å²) in [5, 5.41) is 3.07. The number of rotatable bonds is 6. The Morgan fingerprint density at radius 1 is 0.935 bits per heavy atom. The Morgan fingerprint density at radius 3 is 2.26 bits per heavy atom. The lowest BCUT2D eigenvalue weighted by molar-refractivity contribution is -0.121. The summed E-state index contributed by atoms with van der Waals surface area (Å²) in [6.07, 6.45) is 2.28. The largest absolute Gasteiger partial charge is 0.368 e. The molecule has 3 aromatic rings. The van der Waals surface area contributed by atoms with Gasteiger partial charge in [-0.3, -0.25) is 9.78 Å². The zero-order chi connectivity index (χ0) is 21.6. The molecule has 31 heavy (non-hydrogen) atoms. The molecule has 160 valence electrons. The number of nitrogens with one attached hydrogen (secondary N) is 1. The fraction of sp³-hybridized carbons (Fsp3) is 0.308. The van der Waals surface area contributed by atoms with Gasteiger partial charge in [0.25, 0.3) is 0 Å². The van der Waals surface area contributed by atoms with Crippen LogP contribution >= 0.6 is 0 Å². The summed E-state index contributed by atoms with van der Waals surface area (Å²) < 4.78 is 0. The van der Waals surface area contributed by atoms with E-state index in [1.165, 1.54) is 5.56 Å². The van der Waals surface area contributed by atoms with Crippen LogP contribution in [0.25, 0.3) is 11.1 Å². The van der Waals surface area contributed by atoms with Gasteiger partial charge in [-0.15, -0.1) is 0 Å². The van der Waals surface area contributed by atoms with Crippen LogP contribution in [-0.2, 0) is 11.2 Å². The molecule has 1 aliphatic heterocycles. The van der Waals surface area contributed by atoms with Crippen LogP contribution in [0.3, 0.4) is 0 Å². The molecule has 1 aromatic heterocycles. The molecular weight excluding hydrogens is 384 g/mol. The number of likely N-dealkylation sites (N-methyl/N-ethyl adjacent to an activating group) is 1. The summed E-state index contributed by atoms with van der Waals surface area (Å²) in [5.41, 5.74) is 5.36.